The topological polar surface area (TPSA) is 47.6 Å². The van der Waals surface area contributed by atoms with Gasteiger partial charge in [-0.25, -0.2) is 9.18 Å². The number of carbonyl (C=O) groups excluding carboxylic acids is 1. The van der Waals surface area contributed by atoms with Crippen LogP contribution in [0.25, 0.3) is 0 Å². The van der Waals surface area contributed by atoms with Crippen molar-refractivity contribution < 1.29 is 9.18 Å². The molecule has 0 aromatic heterocycles. The molecule has 2 amide bonds. The van der Waals surface area contributed by atoms with Crippen LogP contribution in [0, 0.1) is 11.7 Å². The number of fused-ring (bicyclic) bond motifs is 1. The van der Waals surface area contributed by atoms with Gasteiger partial charge >= 0.3 is 6.03 Å². The van der Waals surface area contributed by atoms with Gasteiger partial charge in [0.15, 0.2) is 0 Å². The van der Waals surface area contributed by atoms with E-state index in [4.69, 9.17) is 0 Å². The van der Waals surface area contributed by atoms with Crippen molar-refractivity contribution in [3.63, 3.8) is 0 Å². The van der Waals surface area contributed by atoms with Crippen LogP contribution >= 0.6 is 0 Å². The Labute approximate surface area is 152 Å². The predicted molar refractivity (Wildman–Crippen MR) is 102 cm³/mol. The Hall–Kier alpha value is -2.60. The van der Waals surface area contributed by atoms with Gasteiger partial charge in [-0.3, -0.25) is 4.90 Å². The lowest BCUT2D eigenvalue weighted by Crippen LogP contribution is -2.48. The molecule has 0 bridgehead atoms. The molecule has 1 atom stereocenters. The summed E-state index contributed by atoms with van der Waals surface area (Å²) in [5.74, 6) is 0.260. The molecule has 136 valence electrons. The molecule has 0 radical (unpaired) electrons. The van der Waals surface area contributed by atoms with Gasteiger partial charge in [-0.2, -0.15) is 0 Å². The number of carbonyl (C=O) groups is 1. The van der Waals surface area contributed by atoms with Crippen molar-refractivity contribution in [1.82, 2.24) is 10.6 Å². The average molecular weight is 354 g/mol. The molecule has 1 saturated heterocycles. The average Bonchev–Trinajstić information content (AvgIpc) is 3.20. The van der Waals surface area contributed by atoms with Crippen LogP contribution in [0.3, 0.4) is 0 Å². The Kier molecular flexibility index (Phi) is 4.75. The molecule has 2 heterocycles. The third-order valence-electron chi connectivity index (χ3n) is 5.10. The van der Waals surface area contributed by atoms with E-state index in [-0.39, 0.29) is 11.8 Å². The zero-order valence-electron chi connectivity index (χ0n) is 14.6. The molecular weight excluding hydrogens is 331 g/mol. The summed E-state index contributed by atoms with van der Waals surface area (Å²) in [6.07, 6.45) is 1.11. The van der Waals surface area contributed by atoms with Crippen LogP contribution in [0.15, 0.2) is 48.5 Å². The molecule has 0 aliphatic carbocycles. The molecule has 4 rings (SSSR count). The second-order valence-corrected chi connectivity index (χ2v) is 6.81. The summed E-state index contributed by atoms with van der Waals surface area (Å²) in [5.41, 5.74) is 2.77. The van der Waals surface area contributed by atoms with Gasteiger partial charge in [0.2, 0.25) is 0 Å². The van der Waals surface area contributed by atoms with Crippen molar-refractivity contribution in [3.05, 3.63) is 54.3 Å². The molecule has 1 fully saturated rings. The van der Waals surface area contributed by atoms with Crippen LogP contribution < -0.4 is 20.4 Å². The molecule has 2 aromatic rings. The van der Waals surface area contributed by atoms with E-state index >= 15 is 0 Å². The molecule has 5 nitrogen and oxygen atoms in total. The quantitative estimate of drug-likeness (QED) is 0.890. The highest BCUT2D eigenvalue weighted by atomic mass is 19.1. The number of urea groups is 1. The maximum Gasteiger partial charge on any atom is 0.322 e. The van der Waals surface area contributed by atoms with E-state index in [1.807, 2.05) is 24.3 Å². The first-order valence-electron chi connectivity index (χ1n) is 9.10. The molecule has 2 aromatic carbocycles. The number of benzene rings is 2. The Morgan fingerprint density at radius 2 is 1.88 bits per heavy atom. The van der Waals surface area contributed by atoms with Crippen LogP contribution in [-0.4, -0.2) is 38.8 Å². The molecule has 0 saturated carbocycles. The molecule has 2 N–H and O–H groups in total. The Morgan fingerprint density at radius 1 is 1.12 bits per heavy atom. The van der Waals surface area contributed by atoms with Crippen molar-refractivity contribution in [2.75, 3.05) is 42.5 Å². The van der Waals surface area contributed by atoms with Crippen molar-refractivity contribution >= 4 is 23.1 Å². The van der Waals surface area contributed by atoms with E-state index in [2.05, 4.69) is 15.5 Å². The molecule has 6 heteroatoms. The van der Waals surface area contributed by atoms with Crippen LogP contribution in [0.1, 0.15) is 6.42 Å². The fourth-order valence-corrected chi connectivity index (χ4v) is 3.68. The Bertz CT molecular complexity index is 774. The van der Waals surface area contributed by atoms with Gasteiger partial charge in [-0.15, -0.1) is 0 Å². The zero-order valence-corrected chi connectivity index (χ0v) is 14.6. The fraction of sp³-hybridized carbons (Fsp3) is 0.350. The molecule has 0 unspecified atom stereocenters. The summed E-state index contributed by atoms with van der Waals surface area (Å²) in [6.45, 7) is 3.95. The zero-order chi connectivity index (χ0) is 17.9. The SMILES string of the molecule is O=C(NC[C@@H]1CCNC1)N1CCN(c2ccc(F)cc2)c2ccccc21. The summed E-state index contributed by atoms with van der Waals surface area (Å²) in [4.78, 5) is 16.7. The first-order valence-corrected chi connectivity index (χ1v) is 9.10. The summed E-state index contributed by atoms with van der Waals surface area (Å²) in [5, 5.41) is 6.40. The van der Waals surface area contributed by atoms with E-state index in [9.17, 15) is 9.18 Å². The third kappa shape index (κ3) is 3.37. The molecule has 2 aliphatic heterocycles. The summed E-state index contributed by atoms with van der Waals surface area (Å²) < 4.78 is 13.2. The van der Waals surface area contributed by atoms with Crippen molar-refractivity contribution in [3.8, 4) is 0 Å². The van der Waals surface area contributed by atoms with Gasteiger partial charge in [0.1, 0.15) is 5.82 Å². The Balaban J connectivity index is 1.53. The lowest BCUT2D eigenvalue weighted by Gasteiger charge is -2.37. The monoisotopic (exact) mass is 354 g/mol. The smallest absolute Gasteiger partial charge is 0.322 e. The number of hydrogen-bond donors (Lipinski definition) is 2. The highest BCUT2D eigenvalue weighted by Gasteiger charge is 2.27. The number of amides is 2. The van der Waals surface area contributed by atoms with E-state index in [1.165, 1.54) is 12.1 Å². The number of nitrogens with one attached hydrogen (secondary N) is 2. The number of rotatable bonds is 3. The minimum absolute atomic E-state index is 0.0527. The van der Waals surface area contributed by atoms with E-state index in [0.29, 0.717) is 25.6 Å². The number of para-hydroxylation sites is 2. The number of hydrogen-bond acceptors (Lipinski definition) is 3. The van der Waals surface area contributed by atoms with Crippen LogP contribution in [-0.2, 0) is 0 Å². The van der Waals surface area contributed by atoms with Gasteiger partial charge < -0.3 is 15.5 Å². The van der Waals surface area contributed by atoms with Crippen LogP contribution in [0.4, 0.5) is 26.2 Å². The van der Waals surface area contributed by atoms with Gasteiger partial charge in [0.25, 0.3) is 0 Å². The van der Waals surface area contributed by atoms with E-state index in [1.54, 1.807) is 17.0 Å². The second-order valence-electron chi connectivity index (χ2n) is 6.81. The number of halogens is 1. The maximum atomic E-state index is 13.2. The standard InChI is InChI=1S/C20H23FN4O/c21-16-5-7-17(8-6-16)24-11-12-25(19-4-2-1-3-18(19)24)20(26)23-14-15-9-10-22-13-15/h1-8,15,22H,9-14H2,(H,23,26)/t15-/m1/s1. The van der Waals surface area contributed by atoms with Crippen molar-refractivity contribution in [2.24, 2.45) is 5.92 Å². The van der Waals surface area contributed by atoms with E-state index < -0.39 is 0 Å². The fourth-order valence-electron chi connectivity index (χ4n) is 3.68. The summed E-state index contributed by atoms with van der Waals surface area (Å²) in [7, 11) is 0. The highest BCUT2D eigenvalue weighted by molar-refractivity contribution is 5.97. The molecule has 26 heavy (non-hydrogen) atoms. The Morgan fingerprint density at radius 3 is 2.62 bits per heavy atom. The van der Waals surface area contributed by atoms with E-state index in [0.717, 1.165) is 36.6 Å². The first kappa shape index (κ1) is 16.8. The largest absolute Gasteiger partial charge is 0.338 e. The maximum absolute atomic E-state index is 13.2. The second kappa shape index (κ2) is 7.33. The summed E-state index contributed by atoms with van der Waals surface area (Å²) >= 11 is 0. The van der Waals surface area contributed by atoms with Gasteiger partial charge in [0.05, 0.1) is 11.4 Å². The number of nitrogens with zero attached hydrogens (tertiary/aromatic N) is 2. The van der Waals surface area contributed by atoms with Crippen molar-refractivity contribution in [2.45, 2.75) is 6.42 Å². The third-order valence-corrected chi connectivity index (χ3v) is 5.10. The predicted octanol–water partition coefficient (Wildman–Crippen LogP) is 3.10. The molecule has 2 aliphatic rings. The lowest BCUT2D eigenvalue weighted by molar-refractivity contribution is 0.244. The highest BCUT2D eigenvalue weighted by Crippen LogP contribution is 2.37. The van der Waals surface area contributed by atoms with Crippen molar-refractivity contribution in [1.29, 1.82) is 0 Å². The molecule has 0 spiro atoms. The van der Waals surface area contributed by atoms with Gasteiger partial charge in [-0.1, -0.05) is 12.1 Å². The lowest BCUT2D eigenvalue weighted by atomic mass is 10.1. The molecular formula is C20H23FN4O. The van der Waals surface area contributed by atoms with Crippen LogP contribution in [0.2, 0.25) is 0 Å². The van der Waals surface area contributed by atoms with Crippen LogP contribution in [0.5, 0.6) is 0 Å². The van der Waals surface area contributed by atoms with Gasteiger partial charge in [-0.05, 0) is 61.8 Å². The number of anilines is 3. The minimum atomic E-state index is -0.249. The summed E-state index contributed by atoms with van der Waals surface area (Å²) in [6, 6.07) is 14.3. The first-order chi connectivity index (χ1) is 12.7. The van der Waals surface area contributed by atoms with Gasteiger partial charge in [0, 0.05) is 25.3 Å². The minimum Gasteiger partial charge on any atom is -0.338 e. The normalized spacial score (nSPS) is 19.3.